The summed E-state index contributed by atoms with van der Waals surface area (Å²) in [5.74, 6) is -1.19. The molecule has 0 aliphatic rings. The van der Waals surface area contributed by atoms with Gasteiger partial charge in [0.15, 0.2) is 6.29 Å². The van der Waals surface area contributed by atoms with Crippen molar-refractivity contribution in [2.24, 2.45) is 0 Å². The summed E-state index contributed by atoms with van der Waals surface area (Å²) >= 11 is 0. The van der Waals surface area contributed by atoms with Crippen molar-refractivity contribution >= 4 is 35.3 Å². The topological polar surface area (TPSA) is 74.6 Å². The molecule has 0 saturated carbocycles. The Morgan fingerprint density at radius 3 is 2.30 bits per heavy atom. The Morgan fingerprint density at radius 1 is 1.80 bits per heavy atom. The van der Waals surface area contributed by atoms with Crippen LogP contribution >= 0.6 is 0 Å². The molecule has 2 N–H and O–H groups in total. The van der Waals surface area contributed by atoms with E-state index >= 15 is 0 Å². The second-order valence-electron chi connectivity index (χ2n) is 2.05. The average molecular weight is 158 g/mol. The zero-order chi connectivity index (χ0) is 7.49. The van der Waals surface area contributed by atoms with Gasteiger partial charge in [-0.05, 0) is 6.92 Å². The van der Waals surface area contributed by atoms with Crippen molar-refractivity contribution in [1.82, 2.24) is 0 Å². The standard InChI is InChI=1S/C5H8O4.Mg.2H/c1-5(9,3-6)2-4(7)8;;;/h3,9H,2H2,1H3,(H,7,8);;;/q;+2;2*-1. The van der Waals surface area contributed by atoms with Crippen molar-refractivity contribution in [1.29, 1.82) is 0 Å². The van der Waals surface area contributed by atoms with E-state index < -0.39 is 18.0 Å². The SMILES string of the molecule is CC(O)(C=O)CC(=O)O.[H-].[H-].[Mg+2]. The molecule has 0 fully saturated rings. The second kappa shape index (κ2) is 4.65. The fraction of sp³-hybridized carbons (Fsp3) is 0.600. The molecule has 0 bridgehead atoms. The molecule has 0 heterocycles. The molecule has 4 nitrogen and oxygen atoms in total. The Morgan fingerprint density at radius 2 is 2.20 bits per heavy atom. The second-order valence-corrected chi connectivity index (χ2v) is 2.05. The van der Waals surface area contributed by atoms with Gasteiger partial charge >= 0.3 is 29.0 Å². The first kappa shape index (κ1) is 12.5. The third-order valence-corrected chi connectivity index (χ3v) is 0.763. The molecule has 0 aliphatic heterocycles. The van der Waals surface area contributed by atoms with Crippen LogP contribution in [0.4, 0.5) is 0 Å². The van der Waals surface area contributed by atoms with Crippen LogP contribution < -0.4 is 0 Å². The number of aliphatic hydroxyl groups is 1. The Bertz CT molecular complexity index is 139. The minimum atomic E-state index is -1.72. The van der Waals surface area contributed by atoms with Gasteiger partial charge in [-0.2, -0.15) is 0 Å². The number of carbonyl (C=O) groups excluding carboxylic acids is 1. The molecule has 1 unspecified atom stereocenters. The maximum absolute atomic E-state index is 9.85. The molecule has 1 atom stereocenters. The van der Waals surface area contributed by atoms with Crippen molar-refractivity contribution in [3.63, 3.8) is 0 Å². The molecule has 0 aromatic rings. The molecule has 0 saturated heterocycles. The van der Waals surface area contributed by atoms with Crippen LogP contribution in [-0.4, -0.2) is 51.1 Å². The van der Waals surface area contributed by atoms with Gasteiger partial charge in [0.05, 0.1) is 6.42 Å². The van der Waals surface area contributed by atoms with Crippen LogP contribution in [-0.2, 0) is 9.59 Å². The number of rotatable bonds is 3. The normalized spacial score (nSPS) is 14.6. The fourth-order valence-corrected chi connectivity index (χ4v) is 0.348. The number of aldehydes is 1. The summed E-state index contributed by atoms with van der Waals surface area (Å²) < 4.78 is 0. The molecule has 0 spiro atoms. The van der Waals surface area contributed by atoms with Gasteiger partial charge in [-0.25, -0.2) is 0 Å². The number of hydrogen-bond donors (Lipinski definition) is 2. The first-order valence-electron chi connectivity index (χ1n) is 2.38. The number of aliphatic carboxylic acids is 1. The molecule has 10 heavy (non-hydrogen) atoms. The van der Waals surface area contributed by atoms with Gasteiger partial charge < -0.3 is 17.9 Å². The van der Waals surface area contributed by atoms with E-state index in [1.165, 1.54) is 0 Å². The Balaban J connectivity index is -0.000000107. The maximum atomic E-state index is 9.85. The first-order valence-corrected chi connectivity index (χ1v) is 2.38. The van der Waals surface area contributed by atoms with E-state index in [-0.39, 0.29) is 32.2 Å². The molecule has 0 radical (unpaired) electrons. The van der Waals surface area contributed by atoms with Crippen molar-refractivity contribution in [3.8, 4) is 0 Å². The molecule has 56 valence electrons. The fourth-order valence-electron chi connectivity index (χ4n) is 0.348. The zero-order valence-electron chi connectivity index (χ0n) is 7.70. The summed E-state index contributed by atoms with van der Waals surface area (Å²) in [5.41, 5.74) is -1.72. The Kier molecular flexibility index (Phi) is 5.82. The van der Waals surface area contributed by atoms with Gasteiger partial charge in [0.2, 0.25) is 0 Å². The van der Waals surface area contributed by atoms with Gasteiger partial charge in [-0.15, -0.1) is 0 Å². The molecular weight excluding hydrogens is 148 g/mol. The molecule has 0 amide bonds. The van der Waals surface area contributed by atoms with Crippen molar-refractivity contribution in [2.45, 2.75) is 18.9 Å². The number of carboxylic acids is 1. The van der Waals surface area contributed by atoms with Gasteiger partial charge in [0.1, 0.15) is 5.60 Å². The van der Waals surface area contributed by atoms with Crippen LogP contribution in [0.3, 0.4) is 0 Å². The Labute approximate surface area is 77.4 Å². The number of carboxylic acid groups (broad SMARTS) is 1. The maximum Gasteiger partial charge on any atom is 2.00 e. The van der Waals surface area contributed by atoms with Crippen LogP contribution in [0.2, 0.25) is 0 Å². The summed E-state index contributed by atoms with van der Waals surface area (Å²) in [7, 11) is 0. The number of hydrogen-bond acceptors (Lipinski definition) is 3. The van der Waals surface area contributed by atoms with E-state index in [1.807, 2.05) is 0 Å². The predicted octanol–water partition coefficient (Wildman–Crippen LogP) is -0.745. The van der Waals surface area contributed by atoms with E-state index in [1.54, 1.807) is 0 Å². The van der Waals surface area contributed by atoms with Crippen LogP contribution in [0.15, 0.2) is 0 Å². The minimum Gasteiger partial charge on any atom is -1.00 e. The summed E-state index contributed by atoms with van der Waals surface area (Å²) in [4.78, 5) is 19.7. The van der Waals surface area contributed by atoms with E-state index in [4.69, 9.17) is 10.2 Å². The van der Waals surface area contributed by atoms with E-state index in [2.05, 4.69) is 0 Å². The molecule has 0 rings (SSSR count). The van der Waals surface area contributed by atoms with E-state index in [0.29, 0.717) is 0 Å². The smallest absolute Gasteiger partial charge is 1.00 e. The zero-order valence-corrected chi connectivity index (χ0v) is 7.12. The molecule has 0 aliphatic carbocycles. The van der Waals surface area contributed by atoms with Crippen LogP contribution in [0.1, 0.15) is 16.2 Å². The quantitative estimate of drug-likeness (QED) is 0.419. The van der Waals surface area contributed by atoms with E-state index in [9.17, 15) is 9.59 Å². The summed E-state index contributed by atoms with van der Waals surface area (Å²) in [5, 5.41) is 16.8. The van der Waals surface area contributed by atoms with Crippen LogP contribution in [0, 0.1) is 0 Å². The average Bonchev–Trinajstić information content (AvgIpc) is 1.63. The van der Waals surface area contributed by atoms with Gasteiger partial charge in [0.25, 0.3) is 0 Å². The molecule has 0 aromatic heterocycles. The Hall–Kier alpha value is -0.134. The largest absolute Gasteiger partial charge is 2.00 e. The van der Waals surface area contributed by atoms with Crippen LogP contribution in [0.25, 0.3) is 0 Å². The monoisotopic (exact) mass is 158 g/mol. The third kappa shape index (κ3) is 5.99. The van der Waals surface area contributed by atoms with Gasteiger partial charge in [-0.3, -0.25) is 4.79 Å². The first-order chi connectivity index (χ1) is 3.98. The molecular formula is C5H10MgO4. The van der Waals surface area contributed by atoms with E-state index in [0.717, 1.165) is 6.92 Å². The van der Waals surface area contributed by atoms with Gasteiger partial charge in [-0.1, -0.05) is 0 Å². The predicted molar refractivity (Wildman–Crippen MR) is 36.9 cm³/mol. The van der Waals surface area contributed by atoms with Gasteiger partial charge in [0, 0.05) is 0 Å². The van der Waals surface area contributed by atoms with Crippen molar-refractivity contribution in [2.75, 3.05) is 0 Å². The molecule has 5 heteroatoms. The summed E-state index contributed by atoms with van der Waals surface area (Å²) in [6.45, 7) is 1.15. The van der Waals surface area contributed by atoms with Crippen LogP contribution in [0.5, 0.6) is 0 Å². The molecule has 0 aromatic carbocycles. The number of carbonyl (C=O) groups is 2. The van der Waals surface area contributed by atoms with Crippen molar-refractivity contribution < 1.29 is 22.7 Å². The summed E-state index contributed by atoms with van der Waals surface area (Å²) in [6, 6.07) is 0. The third-order valence-electron chi connectivity index (χ3n) is 0.763. The van der Waals surface area contributed by atoms with Crippen molar-refractivity contribution in [3.05, 3.63) is 0 Å². The summed E-state index contributed by atoms with van der Waals surface area (Å²) in [6.07, 6.45) is -0.336. The minimum absolute atomic E-state index is 0.